The Morgan fingerprint density at radius 3 is 2.15 bits per heavy atom. The molecule has 0 heterocycles. The molecule has 8 heteroatoms. The van der Waals surface area contributed by atoms with Crippen LogP contribution in [0.5, 0.6) is 0 Å². The first kappa shape index (κ1) is 20.4. The summed E-state index contributed by atoms with van der Waals surface area (Å²) in [6.07, 6.45) is 0. The SMILES string of the molecule is CCN(CC)S(=O)(=O)c1ccc(NC(=O)CSc2ccc(F)cc2)cc1. The van der Waals surface area contributed by atoms with Crippen LogP contribution in [0.2, 0.25) is 0 Å². The lowest BCUT2D eigenvalue weighted by Gasteiger charge is -2.18. The summed E-state index contributed by atoms with van der Waals surface area (Å²) in [5, 5.41) is 2.72. The van der Waals surface area contributed by atoms with Gasteiger partial charge in [-0.25, -0.2) is 12.8 Å². The van der Waals surface area contributed by atoms with Crippen molar-refractivity contribution in [3.05, 3.63) is 54.3 Å². The number of anilines is 1. The summed E-state index contributed by atoms with van der Waals surface area (Å²) in [5.74, 6) is -0.372. The second kappa shape index (κ2) is 9.16. The van der Waals surface area contributed by atoms with Crippen LogP contribution in [-0.2, 0) is 14.8 Å². The maximum atomic E-state index is 12.9. The fraction of sp³-hybridized carbons (Fsp3) is 0.278. The van der Waals surface area contributed by atoms with Crippen LogP contribution < -0.4 is 5.32 Å². The van der Waals surface area contributed by atoms with Crippen LogP contribution in [0, 0.1) is 5.82 Å². The first-order chi connectivity index (χ1) is 12.4. The van der Waals surface area contributed by atoms with Gasteiger partial charge in [0.25, 0.3) is 0 Å². The van der Waals surface area contributed by atoms with Crippen LogP contribution in [0.3, 0.4) is 0 Å². The molecule has 0 aliphatic carbocycles. The van der Waals surface area contributed by atoms with E-state index < -0.39 is 10.0 Å². The molecule has 0 aliphatic heterocycles. The molecule has 5 nitrogen and oxygen atoms in total. The van der Waals surface area contributed by atoms with Crippen molar-refractivity contribution in [3.8, 4) is 0 Å². The molecule has 0 aliphatic rings. The first-order valence-electron chi connectivity index (χ1n) is 8.15. The van der Waals surface area contributed by atoms with E-state index in [2.05, 4.69) is 5.32 Å². The number of thioether (sulfide) groups is 1. The van der Waals surface area contributed by atoms with Crippen LogP contribution >= 0.6 is 11.8 Å². The zero-order valence-electron chi connectivity index (χ0n) is 14.6. The van der Waals surface area contributed by atoms with Crippen LogP contribution in [0.1, 0.15) is 13.8 Å². The third kappa shape index (κ3) is 5.30. The number of carbonyl (C=O) groups is 1. The minimum Gasteiger partial charge on any atom is -0.325 e. The third-order valence-corrected chi connectivity index (χ3v) is 6.74. The van der Waals surface area contributed by atoms with E-state index in [1.807, 2.05) is 0 Å². The van der Waals surface area contributed by atoms with Crippen molar-refractivity contribution in [1.29, 1.82) is 0 Å². The molecule has 2 aromatic carbocycles. The molecule has 0 radical (unpaired) electrons. The monoisotopic (exact) mass is 396 g/mol. The minimum atomic E-state index is -3.51. The molecule has 0 saturated carbocycles. The zero-order chi connectivity index (χ0) is 19.2. The van der Waals surface area contributed by atoms with Crippen molar-refractivity contribution in [3.63, 3.8) is 0 Å². The lowest BCUT2D eigenvalue weighted by atomic mass is 10.3. The summed E-state index contributed by atoms with van der Waals surface area (Å²) in [6, 6.07) is 12.0. The summed E-state index contributed by atoms with van der Waals surface area (Å²) in [5.41, 5.74) is 0.521. The second-order valence-electron chi connectivity index (χ2n) is 5.40. The van der Waals surface area contributed by atoms with Gasteiger partial charge in [0, 0.05) is 23.7 Å². The van der Waals surface area contributed by atoms with E-state index in [9.17, 15) is 17.6 Å². The first-order valence-corrected chi connectivity index (χ1v) is 10.6. The standard InChI is InChI=1S/C18H21FN2O3S2/c1-3-21(4-2)26(23,24)17-11-7-15(8-12-17)20-18(22)13-25-16-9-5-14(19)6-10-16/h5-12H,3-4,13H2,1-2H3,(H,20,22). The Balaban J connectivity index is 1.96. The van der Waals surface area contributed by atoms with Gasteiger partial charge in [-0.1, -0.05) is 13.8 Å². The molecule has 0 aromatic heterocycles. The van der Waals surface area contributed by atoms with Crippen molar-refractivity contribution in [2.24, 2.45) is 0 Å². The highest BCUT2D eigenvalue weighted by molar-refractivity contribution is 8.00. The predicted molar refractivity (Wildman–Crippen MR) is 102 cm³/mol. The number of hydrogen-bond acceptors (Lipinski definition) is 4. The average Bonchev–Trinajstić information content (AvgIpc) is 2.62. The Bertz CT molecular complexity index is 834. The lowest BCUT2D eigenvalue weighted by Crippen LogP contribution is -2.30. The number of amides is 1. The molecule has 0 spiro atoms. The molecule has 2 aromatic rings. The van der Waals surface area contributed by atoms with Gasteiger partial charge < -0.3 is 5.32 Å². The average molecular weight is 397 g/mol. The van der Waals surface area contributed by atoms with E-state index in [0.717, 1.165) is 4.90 Å². The fourth-order valence-electron chi connectivity index (χ4n) is 2.30. The van der Waals surface area contributed by atoms with E-state index in [-0.39, 0.29) is 22.4 Å². The van der Waals surface area contributed by atoms with Gasteiger partial charge in [-0.15, -0.1) is 11.8 Å². The predicted octanol–water partition coefficient (Wildman–Crippen LogP) is 3.59. The molecule has 2 rings (SSSR count). The van der Waals surface area contributed by atoms with E-state index in [4.69, 9.17) is 0 Å². The summed E-state index contributed by atoms with van der Waals surface area (Å²) >= 11 is 1.29. The summed E-state index contributed by atoms with van der Waals surface area (Å²) < 4.78 is 39.1. The van der Waals surface area contributed by atoms with Gasteiger partial charge in [-0.2, -0.15) is 4.31 Å². The number of nitrogens with zero attached hydrogens (tertiary/aromatic N) is 1. The summed E-state index contributed by atoms with van der Waals surface area (Å²) in [7, 11) is -3.51. The van der Waals surface area contributed by atoms with E-state index >= 15 is 0 Å². The lowest BCUT2D eigenvalue weighted by molar-refractivity contribution is -0.113. The van der Waals surface area contributed by atoms with Crippen LogP contribution in [0.25, 0.3) is 0 Å². The quantitative estimate of drug-likeness (QED) is 0.693. The summed E-state index contributed by atoms with van der Waals surface area (Å²) in [6.45, 7) is 4.37. The highest BCUT2D eigenvalue weighted by Gasteiger charge is 2.21. The van der Waals surface area contributed by atoms with E-state index in [0.29, 0.717) is 18.8 Å². The van der Waals surface area contributed by atoms with Gasteiger partial charge in [-0.3, -0.25) is 4.79 Å². The highest BCUT2D eigenvalue weighted by atomic mass is 32.2. The Morgan fingerprint density at radius 2 is 1.62 bits per heavy atom. The van der Waals surface area contributed by atoms with Crippen LogP contribution in [0.4, 0.5) is 10.1 Å². The Morgan fingerprint density at radius 1 is 1.04 bits per heavy atom. The van der Waals surface area contributed by atoms with Gasteiger partial charge in [0.1, 0.15) is 5.82 Å². The Hall–Kier alpha value is -1.90. The highest BCUT2D eigenvalue weighted by Crippen LogP contribution is 2.20. The van der Waals surface area contributed by atoms with Gasteiger partial charge in [0.2, 0.25) is 15.9 Å². The molecule has 1 amide bonds. The van der Waals surface area contributed by atoms with Gasteiger partial charge in [-0.05, 0) is 48.5 Å². The van der Waals surface area contributed by atoms with Crippen molar-refractivity contribution in [2.75, 3.05) is 24.2 Å². The number of sulfonamides is 1. The number of rotatable bonds is 8. The van der Waals surface area contributed by atoms with Crippen molar-refractivity contribution < 1.29 is 17.6 Å². The largest absolute Gasteiger partial charge is 0.325 e. The number of carbonyl (C=O) groups excluding carboxylic acids is 1. The molecule has 0 unspecified atom stereocenters. The molecular weight excluding hydrogens is 375 g/mol. The normalized spacial score (nSPS) is 11.5. The third-order valence-electron chi connectivity index (χ3n) is 3.66. The van der Waals surface area contributed by atoms with Gasteiger partial charge >= 0.3 is 0 Å². The molecule has 0 bridgehead atoms. The Labute approximate surface area is 157 Å². The van der Waals surface area contributed by atoms with Crippen molar-refractivity contribution >= 4 is 33.4 Å². The molecule has 1 N–H and O–H groups in total. The zero-order valence-corrected chi connectivity index (χ0v) is 16.2. The smallest absolute Gasteiger partial charge is 0.243 e. The van der Waals surface area contributed by atoms with Gasteiger partial charge in [0.05, 0.1) is 10.6 Å². The maximum Gasteiger partial charge on any atom is 0.243 e. The molecule has 0 atom stereocenters. The molecular formula is C18H21FN2O3S2. The van der Waals surface area contributed by atoms with E-state index in [1.165, 1.54) is 40.3 Å². The topological polar surface area (TPSA) is 66.5 Å². The second-order valence-corrected chi connectivity index (χ2v) is 8.39. The molecule has 0 fully saturated rings. The number of benzene rings is 2. The minimum absolute atomic E-state index is 0.172. The number of nitrogens with one attached hydrogen (secondary N) is 1. The molecule has 140 valence electrons. The van der Waals surface area contributed by atoms with Gasteiger partial charge in [0.15, 0.2) is 0 Å². The maximum absolute atomic E-state index is 12.9. The van der Waals surface area contributed by atoms with Crippen LogP contribution in [0.15, 0.2) is 58.3 Å². The van der Waals surface area contributed by atoms with E-state index in [1.54, 1.807) is 38.1 Å². The summed E-state index contributed by atoms with van der Waals surface area (Å²) in [4.78, 5) is 13.0. The number of halogens is 1. The molecule has 26 heavy (non-hydrogen) atoms. The van der Waals surface area contributed by atoms with Crippen molar-refractivity contribution in [1.82, 2.24) is 4.31 Å². The van der Waals surface area contributed by atoms with Crippen molar-refractivity contribution in [2.45, 2.75) is 23.6 Å². The van der Waals surface area contributed by atoms with Crippen LogP contribution in [-0.4, -0.2) is 37.5 Å². The Kier molecular flexibility index (Phi) is 7.19. The number of hydrogen-bond donors (Lipinski definition) is 1. The fourth-order valence-corrected chi connectivity index (χ4v) is 4.46. The molecule has 0 saturated heterocycles.